The van der Waals surface area contributed by atoms with Gasteiger partial charge in [0.1, 0.15) is 23.2 Å². The number of amides is 2. The van der Waals surface area contributed by atoms with Crippen LogP contribution >= 0.6 is 23.4 Å². The first-order valence-corrected chi connectivity index (χ1v) is 14.4. The van der Waals surface area contributed by atoms with Gasteiger partial charge in [0.15, 0.2) is 0 Å². The highest BCUT2D eigenvalue weighted by Gasteiger charge is 2.59. The van der Waals surface area contributed by atoms with E-state index >= 15 is 0 Å². The quantitative estimate of drug-likeness (QED) is 0.392. The van der Waals surface area contributed by atoms with Gasteiger partial charge in [-0.05, 0) is 61.4 Å². The normalized spacial score (nSPS) is 21.9. The Morgan fingerprint density at radius 2 is 1.80 bits per heavy atom. The summed E-state index contributed by atoms with van der Waals surface area (Å²) in [7, 11) is 0. The molecule has 2 amide bonds. The predicted molar refractivity (Wildman–Crippen MR) is 147 cm³/mol. The van der Waals surface area contributed by atoms with Gasteiger partial charge in [-0.1, -0.05) is 48.0 Å². The van der Waals surface area contributed by atoms with E-state index in [1.165, 1.54) is 28.9 Å². The first-order chi connectivity index (χ1) is 19.2. The maximum Gasteiger partial charge on any atom is 0.244 e. The molecule has 0 bridgehead atoms. The Morgan fingerprint density at radius 3 is 2.45 bits per heavy atom. The molecule has 3 fully saturated rings. The molecule has 6 rings (SSSR count). The zero-order chi connectivity index (χ0) is 28.1. The van der Waals surface area contributed by atoms with Gasteiger partial charge in [-0.15, -0.1) is 11.8 Å². The third kappa shape index (κ3) is 4.95. The van der Waals surface area contributed by atoms with Gasteiger partial charge in [0, 0.05) is 22.9 Å². The molecule has 1 aromatic heterocycles. The Morgan fingerprint density at radius 1 is 1.05 bits per heavy atom. The third-order valence-electron chi connectivity index (χ3n) is 7.91. The van der Waals surface area contributed by atoms with Crippen LogP contribution in [0.3, 0.4) is 0 Å². The average Bonchev–Trinajstić information content (AvgIpc) is 3.87. The number of carbonyl (C=O) groups is 2. The molecule has 3 aromatic rings. The van der Waals surface area contributed by atoms with Crippen molar-refractivity contribution in [3.63, 3.8) is 0 Å². The molecule has 1 aliphatic heterocycles. The highest BCUT2D eigenvalue weighted by Crippen LogP contribution is 2.51. The molecule has 2 aromatic carbocycles. The molecule has 1 saturated heterocycles. The van der Waals surface area contributed by atoms with E-state index in [4.69, 9.17) is 11.6 Å². The lowest BCUT2D eigenvalue weighted by atomic mass is 9.98. The largest absolute Gasteiger partial charge is 0.336 e. The number of halogens is 3. The highest BCUT2D eigenvalue weighted by atomic mass is 35.5. The number of pyridine rings is 1. The smallest absolute Gasteiger partial charge is 0.244 e. The van der Waals surface area contributed by atoms with Gasteiger partial charge in [-0.2, -0.15) is 5.26 Å². The molecule has 6 nitrogen and oxygen atoms in total. The number of nitrogens with zero attached hydrogens (tertiary/aromatic N) is 3. The number of thioether (sulfide) groups is 1. The van der Waals surface area contributed by atoms with E-state index in [2.05, 4.69) is 16.4 Å². The number of rotatable bonds is 7. The van der Waals surface area contributed by atoms with Gasteiger partial charge in [-0.3, -0.25) is 14.6 Å². The van der Waals surface area contributed by atoms with E-state index in [0.29, 0.717) is 30.6 Å². The maximum absolute atomic E-state index is 14.9. The van der Waals surface area contributed by atoms with Crippen LogP contribution in [0, 0.1) is 23.0 Å². The molecule has 0 unspecified atom stereocenters. The van der Waals surface area contributed by atoms with Gasteiger partial charge in [-0.25, -0.2) is 8.78 Å². The van der Waals surface area contributed by atoms with Crippen molar-refractivity contribution in [2.75, 3.05) is 6.54 Å². The van der Waals surface area contributed by atoms with Crippen LogP contribution in [0.1, 0.15) is 37.8 Å². The zero-order valence-corrected chi connectivity index (χ0v) is 22.9. The Kier molecular flexibility index (Phi) is 6.79. The fourth-order valence-corrected chi connectivity index (χ4v) is 6.76. The first-order valence-electron chi connectivity index (χ1n) is 13.1. The Labute approximate surface area is 239 Å². The maximum atomic E-state index is 14.9. The molecule has 2 saturated carbocycles. The molecule has 204 valence electrons. The number of carbonyl (C=O) groups excluding carboxylic acids is 2. The minimum atomic E-state index is -1.17. The van der Waals surface area contributed by atoms with E-state index in [1.54, 1.807) is 12.1 Å². The molecule has 3 aliphatic rings. The first kappa shape index (κ1) is 26.7. The van der Waals surface area contributed by atoms with Crippen LogP contribution in [0.15, 0.2) is 65.7 Å². The second kappa shape index (κ2) is 10.2. The van der Waals surface area contributed by atoms with Crippen molar-refractivity contribution in [1.82, 2.24) is 15.2 Å². The molecule has 2 aliphatic carbocycles. The summed E-state index contributed by atoms with van der Waals surface area (Å²) in [5.41, 5.74) is -0.249. The lowest BCUT2D eigenvalue weighted by Crippen LogP contribution is -2.51. The van der Waals surface area contributed by atoms with E-state index in [-0.39, 0.29) is 40.7 Å². The number of hydrogen-bond acceptors (Lipinski definition) is 5. The summed E-state index contributed by atoms with van der Waals surface area (Å²) in [6, 6.07) is 17.0. The lowest BCUT2D eigenvalue weighted by molar-refractivity contribution is -0.140. The fraction of sp³-hybridized carbons (Fsp3) is 0.333. The van der Waals surface area contributed by atoms with Gasteiger partial charge in [0.05, 0.1) is 22.2 Å². The second-order valence-corrected chi connectivity index (χ2v) is 12.5. The van der Waals surface area contributed by atoms with Crippen LogP contribution < -0.4 is 5.32 Å². The van der Waals surface area contributed by atoms with Crippen molar-refractivity contribution in [3.8, 4) is 17.2 Å². The fourth-order valence-electron chi connectivity index (χ4n) is 5.37. The van der Waals surface area contributed by atoms with Crippen molar-refractivity contribution in [2.24, 2.45) is 0 Å². The number of likely N-dealkylation sites (tertiary alicyclic amines) is 1. The number of nitriles is 1. The van der Waals surface area contributed by atoms with Crippen molar-refractivity contribution >= 4 is 35.2 Å². The van der Waals surface area contributed by atoms with Crippen molar-refractivity contribution in [1.29, 1.82) is 5.26 Å². The van der Waals surface area contributed by atoms with E-state index in [9.17, 15) is 23.6 Å². The average molecular weight is 579 g/mol. The standard InChI is InChI=1S/C30H25ClF2N4O2S/c31-20-13-23(33)26(35-15-20)30(10-11-30)28(39)37-16-21(14-24(37)27(38)36-29(17-34)8-9-29)40-25-12-19(6-7-22(25)32)18-4-2-1-3-5-18/h1-7,12-13,15,21,24H,8-11,14,16H2,(H,36,38)/t21-,24+/m1/s1. The van der Waals surface area contributed by atoms with Crippen LogP contribution in [0.2, 0.25) is 5.02 Å². The summed E-state index contributed by atoms with van der Waals surface area (Å²) in [5.74, 6) is -1.85. The minimum Gasteiger partial charge on any atom is -0.336 e. The van der Waals surface area contributed by atoms with Crippen molar-refractivity contribution in [2.45, 2.75) is 59.2 Å². The lowest BCUT2D eigenvalue weighted by Gasteiger charge is -2.28. The topological polar surface area (TPSA) is 86.1 Å². The second-order valence-electron chi connectivity index (χ2n) is 10.7. The van der Waals surface area contributed by atoms with Crippen LogP contribution in [0.4, 0.5) is 8.78 Å². The van der Waals surface area contributed by atoms with Crippen LogP contribution in [-0.2, 0) is 15.0 Å². The monoisotopic (exact) mass is 578 g/mol. The molecule has 10 heteroatoms. The summed E-state index contributed by atoms with van der Waals surface area (Å²) in [6.45, 7) is 0.174. The highest BCUT2D eigenvalue weighted by molar-refractivity contribution is 8.00. The summed E-state index contributed by atoms with van der Waals surface area (Å²) in [5, 5.41) is 12.2. The number of hydrogen-bond donors (Lipinski definition) is 1. The van der Waals surface area contributed by atoms with Crippen LogP contribution in [0.25, 0.3) is 11.1 Å². The van der Waals surface area contributed by atoms with Crippen molar-refractivity contribution in [3.05, 3.63) is 83.1 Å². The molecular formula is C30H25ClF2N4O2S. The predicted octanol–water partition coefficient (Wildman–Crippen LogP) is 5.65. The van der Waals surface area contributed by atoms with Gasteiger partial charge in [0.2, 0.25) is 11.8 Å². The van der Waals surface area contributed by atoms with Gasteiger partial charge in [0.25, 0.3) is 0 Å². The Balaban J connectivity index is 1.28. The molecule has 1 N–H and O–H groups in total. The Bertz CT molecular complexity index is 1540. The summed E-state index contributed by atoms with van der Waals surface area (Å²) < 4.78 is 29.8. The number of aromatic nitrogens is 1. The van der Waals surface area contributed by atoms with E-state index in [1.807, 2.05) is 30.3 Å². The molecule has 0 radical (unpaired) electrons. The number of benzene rings is 2. The number of nitrogens with one attached hydrogen (secondary N) is 1. The van der Waals surface area contributed by atoms with Crippen molar-refractivity contribution < 1.29 is 18.4 Å². The molecule has 40 heavy (non-hydrogen) atoms. The van der Waals surface area contributed by atoms with E-state index < -0.39 is 28.7 Å². The SMILES string of the molecule is N#CC1(NC(=O)[C@@H]2C[C@@H](Sc3cc(-c4ccccc4)ccc3F)CN2C(=O)C2(c3ncc(Cl)cc3F)CC2)CC1. The van der Waals surface area contributed by atoms with Crippen LogP contribution in [0.5, 0.6) is 0 Å². The Hall–Kier alpha value is -3.48. The molecule has 2 heterocycles. The minimum absolute atomic E-state index is 0.0226. The third-order valence-corrected chi connectivity index (χ3v) is 9.35. The van der Waals surface area contributed by atoms with E-state index in [0.717, 1.165) is 17.2 Å². The molecule has 0 spiro atoms. The van der Waals surface area contributed by atoms with Crippen LogP contribution in [-0.4, -0.2) is 45.1 Å². The summed E-state index contributed by atoms with van der Waals surface area (Å²) in [6.07, 6.45) is 3.48. The zero-order valence-electron chi connectivity index (χ0n) is 21.4. The van der Waals surface area contributed by atoms with Gasteiger partial charge < -0.3 is 10.2 Å². The summed E-state index contributed by atoms with van der Waals surface area (Å²) >= 11 is 7.17. The molecule has 2 atom stereocenters. The van der Waals surface area contributed by atoms with Gasteiger partial charge >= 0.3 is 0 Å². The summed E-state index contributed by atoms with van der Waals surface area (Å²) in [4.78, 5) is 33.5. The molecular weight excluding hydrogens is 554 g/mol.